The highest BCUT2D eigenvalue weighted by Crippen LogP contribution is 2.28. The number of benzene rings is 1. The van der Waals surface area contributed by atoms with Gasteiger partial charge in [-0.25, -0.2) is 4.98 Å². The summed E-state index contributed by atoms with van der Waals surface area (Å²) in [5, 5.41) is 5.29. The second-order valence-electron chi connectivity index (χ2n) is 4.43. The Labute approximate surface area is 133 Å². The van der Waals surface area contributed by atoms with Crippen molar-refractivity contribution in [3.05, 3.63) is 40.9 Å². The van der Waals surface area contributed by atoms with Crippen LogP contribution >= 0.6 is 11.3 Å². The Morgan fingerprint density at radius 2 is 2.09 bits per heavy atom. The zero-order chi connectivity index (χ0) is 15.9. The minimum absolute atomic E-state index is 0.216. The van der Waals surface area contributed by atoms with Gasteiger partial charge in [0.15, 0.2) is 16.6 Å². The molecule has 0 aliphatic heterocycles. The molecule has 0 fully saturated rings. The Morgan fingerprint density at radius 1 is 1.32 bits per heavy atom. The number of anilines is 1. The van der Waals surface area contributed by atoms with Gasteiger partial charge in [0.1, 0.15) is 0 Å². The number of aryl methyl sites for hydroxylation is 1. The van der Waals surface area contributed by atoms with Crippen molar-refractivity contribution in [1.29, 1.82) is 0 Å². The number of thiazole rings is 1. The summed E-state index contributed by atoms with van der Waals surface area (Å²) in [7, 11) is 3.16. The molecule has 0 saturated carbocycles. The number of ether oxygens (including phenoxy) is 2. The molecule has 2 aromatic rings. The summed E-state index contributed by atoms with van der Waals surface area (Å²) < 4.78 is 10.4. The van der Waals surface area contributed by atoms with Gasteiger partial charge in [-0.15, -0.1) is 11.3 Å². The van der Waals surface area contributed by atoms with Crippen LogP contribution in [0.4, 0.5) is 5.13 Å². The lowest BCUT2D eigenvalue weighted by molar-refractivity contribution is -0.111. The molecule has 1 aromatic carbocycles. The van der Waals surface area contributed by atoms with Crippen LogP contribution in [0, 0.1) is 0 Å². The zero-order valence-electron chi connectivity index (χ0n) is 12.8. The molecular formula is C16H18N2O3S. The monoisotopic (exact) mass is 318 g/mol. The molecule has 1 N–H and O–H groups in total. The maximum absolute atomic E-state index is 11.9. The lowest BCUT2D eigenvalue weighted by Gasteiger charge is -2.07. The van der Waals surface area contributed by atoms with E-state index in [2.05, 4.69) is 10.3 Å². The maximum atomic E-state index is 11.9. The smallest absolute Gasteiger partial charge is 0.250 e. The van der Waals surface area contributed by atoms with Gasteiger partial charge in [0.2, 0.25) is 5.91 Å². The number of carbonyl (C=O) groups excluding carboxylic acids is 1. The summed E-state index contributed by atoms with van der Waals surface area (Å²) in [6, 6.07) is 5.45. The fourth-order valence-corrected chi connectivity index (χ4v) is 2.60. The predicted octanol–water partition coefficient (Wildman–Crippen LogP) is 3.37. The van der Waals surface area contributed by atoms with Crippen molar-refractivity contribution in [3.63, 3.8) is 0 Å². The van der Waals surface area contributed by atoms with Crippen LogP contribution in [-0.4, -0.2) is 25.1 Å². The van der Waals surface area contributed by atoms with E-state index in [0.29, 0.717) is 16.6 Å². The second-order valence-corrected chi connectivity index (χ2v) is 5.29. The van der Waals surface area contributed by atoms with Gasteiger partial charge in [-0.3, -0.25) is 10.1 Å². The highest BCUT2D eigenvalue weighted by Gasteiger charge is 2.05. The van der Waals surface area contributed by atoms with Gasteiger partial charge in [-0.1, -0.05) is 13.0 Å². The quantitative estimate of drug-likeness (QED) is 0.830. The molecule has 0 aliphatic carbocycles. The number of methoxy groups -OCH3 is 2. The van der Waals surface area contributed by atoms with Gasteiger partial charge < -0.3 is 9.47 Å². The molecule has 22 heavy (non-hydrogen) atoms. The molecule has 0 radical (unpaired) electrons. The molecule has 0 aliphatic rings. The zero-order valence-corrected chi connectivity index (χ0v) is 13.6. The fraction of sp³-hybridized carbons (Fsp3) is 0.250. The van der Waals surface area contributed by atoms with Gasteiger partial charge in [-0.2, -0.15) is 0 Å². The number of nitrogens with zero attached hydrogens (tertiary/aromatic N) is 1. The van der Waals surface area contributed by atoms with Crippen molar-refractivity contribution in [2.75, 3.05) is 19.5 Å². The van der Waals surface area contributed by atoms with Crippen LogP contribution in [-0.2, 0) is 11.2 Å². The lowest BCUT2D eigenvalue weighted by atomic mass is 10.2. The summed E-state index contributed by atoms with van der Waals surface area (Å²) in [5.41, 5.74) is 1.82. The number of amides is 1. The standard InChI is InChI=1S/C16H18N2O3S/c1-4-12-10-22-16(17-12)18-15(19)8-6-11-5-7-13(20-2)14(9-11)21-3/h5-10H,4H2,1-3H3,(H,17,18,19). The molecule has 1 heterocycles. The summed E-state index contributed by atoms with van der Waals surface area (Å²) >= 11 is 1.42. The highest BCUT2D eigenvalue weighted by molar-refractivity contribution is 7.13. The average molecular weight is 318 g/mol. The predicted molar refractivity (Wildman–Crippen MR) is 88.7 cm³/mol. The first kappa shape index (κ1) is 16.0. The maximum Gasteiger partial charge on any atom is 0.250 e. The largest absolute Gasteiger partial charge is 0.493 e. The number of hydrogen-bond donors (Lipinski definition) is 1. The molecule has 116 valence electrons. The van der Waals surface area contributed by atoms with E-state index < -0.39 is 0 Å². The third-order valence-electron chi connectivity index (χ3n) is 2.98. The van der Waals surface area contributed by atoms with Crippen LogP contribution in [0.1, 0.15) is 18.2 Å². The van der Waals surface area contributed by atoms with Crippen LogP contribution in [0.2, 0.25) is 0 Å². The fourth-order valence-electron chi connectivity index (χ4n) is 1.80. The molecular weight excluding hydrogens is 300 g/mol. The molecule has 0 bridgehead atoms. The number of aromatic nitrogens is 1. The van der Waals surface area contributed by atoms with E-state index >= 15 is 0 Å². The molecule has 1 aromatic heterocycles. The Balaban J connectivity index is 2.02. The van der Waals surface area contributed by atoms with Gasteiger partial charge in [0.25, 0.3) is 0 Å². The number of rotatable bonds is 6. The first-order chi connectivity index (χ1) is 10.7. The molecule has 0 atom stereocenters. The summed E-state index contributed by atoms with van der Waals surface area (Å²) in [6.45, 7) is 2.03. The number of carbonyl (C=O) groups is 1. The SMILES string of the molecule is CCc1csc(NC(=O)C=Cc2ccc(OC)c(OC)c2)n1. The number of nitrogens with one attached hydrogen (secondary N) is 1. The Bertz CT molecular complexity index is 680. The minimum Gasteiger partial charge on any atom is -0.493 e. The van der Waals surface area contributed by atoms with Crippen LogP contribution in [0.15, 0.2) is 29.7 Å². The van der Waals surface area contributed by atoms with E-state index in [1.165, 1.54) is 17.4 Å². The molecule has 5 nitrogen and oxygen atoms in total. The van der Waals surface area contributed by atoms with Gasteiger partial charge in [0.05, 0.1) is 19.9 Å². The molecule has 0 unspecified atom stereocenters. The van der Waals surface area contributed by atoms with E-state index in [1.54, 1.807) is 32.4 Å². The Morgan fingerprint density at radius 3 is 2.73 bits per heavy atom. The lowest BCUT2D eigenvalue weighted by Crippen LogP contribution is -2.07. The van der Waals surface area contributed by atoms with Crippen LogP contribution < -0.4 is 14.8 Å². The van der Waals surface area contributed by atoms with Crippen molar-refractivity contribution in [2.24, 2.45) is 0 Å². The van der Waals surface area contributed by atoms with Crippen molar-refractivity contribution in [1.82, 2.24) is 4.98 Å². The summed E-state index contributed by atoms with van der Waals surface area (Å²) in [4.78, 5) is 16.2. The van der Waals surface area contributed by atoms with Crippen molar-refractivity contribution in [2.45, 2.75) is 13.3 Å². The van der Waals surface area contributed by atoms with E-state index in [4.69, 9.17) is 9.47 Å². The third-order valence-corrected chi connectivity index (χ3v) is 3.79. The van der Waals surface area contributed by atoms with Crippen molar-refractivity contribution < 1.29 is 14.3 Å². The molecule has 2 rings (SSSR count). The third kappa shape index (κ3) is 4.08. The van der Waals surface area contributed by atoms with Crippen molar-refractivity contribution in [3.8, 4) is 11.5 Å². The summed E-state index contributed by atoms with van der Waals surface area (Å²) in [6.07, 6.45) is 4.04. The second kappa shape index (κ2) is 7.61. The first-order valence-corrected chi connectivity index (χ1v) is 7.69. The average Bonchev–Trinajstić information content (AvgIpc) is 3.00. The molecule has 1 amide bonds. The van der Waals surface area contributed by atoms with Gasteiger partial charge in [0, 0.05) is 11.5 Å². The molecule has 6 heteroatoms. The van der Waals surface area contributed by atoms with E-state index in [0.717, 1.165) is 17.7 Å². The molecule has 0 saturated heterocycles. The van der Waals surface area contributed by atoms with Crippen LogP contribution in [0.5, 0.6) is 11.5 Å². The molecule has 0 spiro atoms. The van der Waals surface area contributed by atoms with Gasteiger partial charge >= 0.3 is 0 Å². The van der Waals surface area contributed by atoms with E-state index in [1.807, 2.05) is 18.4 Å². The van der Waals surface area contributed by atoms with Crippen molar-refractivity contribution >= 4 is 28.5 Å². The number of hydrogen-bond acceptors (Lipinski definition) is 5. The first-order valence-electron chi connectivity index (χ1n) is 6.81. The Hall–Kier alpha value is -2.34. The van der Waals surface area contributed by atoms with Crippen LogP contribution in [0.25, 0.3) is 6.08 Å². The van der Waals surface area contributed by atoms with E-state index in [-0.39, 0.29) is 5.91 Å². The normalized spacial score (nSPS) is 10.7. The van der Waals surface area contributed by atoms with Gasteiger partial charge in [-0.05, 0) is 30.2 Å². The minimum atomic E-state index is -0.216. The summed E-state index contributed by atoms with van der Waals surface area (Å²) in [5.74, 6) is 1.06. The van der Waals surface area contributed by atoms with Crippen LogP contribution in [0.3, 0.4) is 0 Å². The topological polar surface area (TPSA) is 60.5 Å². The van der Waals surface area contributed by atoms with E-state index in [9.17, 15) is 4.79 Å². The Kier molecular flexibility index (Phi) is 5.55. The highest BCUT2D eigenvalue weighted by atomic mass is 32.1.